The van der Waals surface area contributed by atoms with Crippen LogP contribution < -0.4 is 10.5 Å². The first-order chi connectivity index (χ1) is 17.2. The molecule has 1 atom stereocenters. The number of nitrogens with zero attached hydrogens (tertiary/aromatic N) is 2. The number of nitrogens with one attached hydrogen (secondary N) is 1. The molecule has 2 aromatic heterocycles. The van der Waals surface area contributed by atoms with E-state index in [1.807, 2.05) is 25.1 Å². The average molecular weight is 508 g/mol. The summed E-state index contributed by atoms with van der Waals surface area (Å²) in [4.78, 5) is 16.5. The SMILES string of the molecule is Cc1cc2c(cc1S(=O)(=O)Nc1cccc(F)n1)oc(=O)n2[C@H](C)c1ccccc1C1=CCCCC1. The molecule has 0 saturated heterocycles. The second-order valence-electron chi connectivity index (χ2n) is 9.01. The molecule has 1 N–H and O–H groups in total. The Labute approximate surface area is 208 Å². The van der Waals surface area contributed by atoms with E-state index >= 15 is 0 Å². The highest BCUT2D eigenvalue weighted by Crippen LogP contribution is 2.34. The quantitative estimate of drug-likeness (QED) is 0.333. The Hall–Kier alpha value is -3.72. The molecule has 36 heavy (non-hydrogen) atoms. The number of oxazole rings is 1. The van der Waals surface area contributed by atoms with E-state index < -0.39 is 21.7 Å². The first kappa shape index (κ1) is 24.0. The maximum Gasteiger partial charge on any atom is 0.420 e. The molecule has 0 saturated carbocycles. The van der Waals surface area contributed by atoms with Gasteiger partial charge in [0.1, 0.15) is 5.82 Å². The van der Waals surface area contributed by atoms with E-state index in [0.717, 1.165) is 36.5 Å². The molecule has 1 aliphatic rings. The second-order valence-corrected chi connectivity index (χ2v) is 10.7. The van der Waals surface area contributed by atoms with Crippen LogP contribution in [-0.2, 0) is 10.0 Å². The summed E-state index contributed by atoms with van der Waals surface area (Å²) >= 11 is 0. The van der Waals surface area contributed by atoms with Gasteiger partial charge in [0.05, 0.1) is 16.5 Å². The molecule has 0 unspecified atom stereocenters. The van der Waals surface area contributed by atoms with Gasteiger partial charge in [-0.2, -0.15) is 4.39 Å². The van der Waals surface area contributed by atoms with E-state index in [1.54, 1.807) is 17.6 Å². The van der Waals surface area contributed by atoms with Crippen molar-refractivity contribution in [3.05, 3.63) is 93.9 Å². The summed E-state index contributed by atoms with van der Waals surface area (Å²) in [7, 11) is -4.11. The number of sulfonamides is 1. The lowest BCUT2D eigenvalue weighted by molar-refractivity contribution is 0.489. The van der Waals surface area contributed by atoms with Gasteiger partial charge in [0, 0.05) is 6.07 Å². The Bertz CT molecular complexity index is 1650. The maximum absolute atomic E-state index is 13.4. The lowest BCUT2D eigenvalue weighted by Crippen LogP contribution is -2.20. The number of aryl methyl sites for hydroxylation is 1. The van der Waals surface area contributed by atoms with Gasteiger partial charge in [0.25, 0.3) is 10.0 Å². The third kappa shape index (κ3) is 4.46. The molecule has 5 rings (SSSR count). The van der Waals surface area contributed by atoms with E-state index in [1.165, 1.54) is 30.2 Å². The molecule has 0 bridgehead atoms. The summed E-state index contributed by atoms with van der Waals surface area (Å²) in [5.74, 6) is -1.52. The van der Waals surface area contributed by atoms with Crippen molar-refractivity contribution in [2.45, 2.75) is 50.5 Å². The molecule has 0 aliphatic heterocycles. The minimum Gasteiger partial charge on any atom is -0.408 e. The number of fused-ring (bicyclic) bond motifs is 1. The van der Waals surface area contributed by atoms with Gasteiger partial charge in [-0.3, -0.25) is 9.29 Å². The van der Waals surface area contributed by atoms with Crippen LogP contribution in [0.2, 0.25) is 0 Å². The molecule has 186 valence electrons. The summed E-state index contributed by atoms with van der Waals surface area (Å²) in [5.41, 5.74) is 4.47. The molecular weight excluding hydrogens is 481 g/mol. The number of aromatic nitrogens is 2. The van der Waals surface area contributed by atoms with Crippen molar-refractivity contribution in [1.82, 2.24) is 9.55 Å². The fraction of sp³-hybridized carbons (Fsp3) is 0.259. The fourth-order valence-corrected chi connectivity index (χ4v) is 6.10. The van der Waals surface area contributed by atoms with Gasteiger partial charge in [-0.25, -0.2) is 18.2 Å². The highest BCUT2D eigenvalue weighted by molar-refractivity contribution is 7.92. The second kappa shape index (κ2) is 9.39. The van der Waals surface area contributed by atoms with E-state index in [4.69, 9.17) is 4.42 Å². The van der Waals surface area contributed by atoms with Crippen molar-refractivity contribution in [3.8, 4) is 0 Å². The van der Waals surface area contributed by atoms with Crippen LogP contribution in [0.3, 0.4) is 0 Å². The van der Waals surface area contributed by atoms with Crippen LogP contribution in [0.1, 0.15) is 55.3 Å². The fourth-order valence-electron chi connectivity index (χ4n) is 4.86. The number of benzene rings is 2. The summed E-state index contributed by atoms with van der Waals surface area (Å²) in [6.07, 6.45) is 6.63. The number of anilines is 1. The van der Waals surface area contributed by atoms with Gasteiger partial charge >= 0.3 is 5.76 Å². The standard InChI is InChI=1S/C27H26FN3O4S/c1-17-15-22-23(16-24(17)36(33,34)30-26-14-8-13-25(28)29-26)35-27(32)31(22)18(2)20-11-6-7-12-21(20)19-9-4-3-5-10-19/h6-9,11-16,18H,3-5,10H2,1-2H3,(H,29,30)/t18-/m1/s1. The molecule has 2 heterocycles. The minimum absolute atomic E-state index is 0.0811. The van der Waals surface area contributed by atoms with Crippen molar-refractivity contribution in [3.63, 3.8) is 0 Å². The largest absolute Gasteiger partial charge is 0.420 e. The zero-order valence-corrected chi connectivity index (χ0v) is 20.8. The zero-order valence-electron chi connectivity index (χ0n) is 20.0. The number of hydrogen-bond acceptors (Lipinski definition) is 5. The average Bonchev–Trinajstić information content (AvgIpc) is 3.18. The van der Waals surface area contributed by atoms with Crippen molar-refractivity contribution in [2.75, 3.05) is 4.72 Å². The van der Waals surface area contributed by atoms with E-state index in [-0.39, 0.29) is 22.3 Å². The predicted octanol–water partition coefficient (Wildman–Crippen LogP) is 5.80. The zero-order chi connectivity index (χ0) is 25.4. The highest BCUT2D eigenvalue weighted by Gasteiger charge is 2.25. The first-order valence-electron chi connectivity index (χ1n) is 11.8. The summed E-state index contributed by atoms with van der Waals surface area (Å²) in [6.45, 7) is 3.58. The third-order valence-corrected chi connectivity index (χ3v) is 8.09. The van der Waals surface area contributed by atoms with Crippen LogP contribution in [0.4, 0.5) is 10.2 Å². The molecule has 2 aromatic carbocycles. The van der Waals surface area contributed by atoms with Gasteiger partial charge in [0.15, 0.2) is 5.58 Å². The van der Waals surface area contributed by atoms with Gasteiger partial charge in [-0.05, 0) is 80.0 Å². The third-order valence-electron chi connectivity index (χ3n) is 6.59. The Morgan fingerprint density at radius 3 is 2.67 bits per heavy atom. The van der Waals surface area contributed by atoms with E-state index in [9.17, 15) is 17.6 Å². The lowest BCUT2D eigenvalue weighted by Gasteiger charge is -2.21. The van der Waals surface area contributed by atoms with Gasteiger partial charge in [-0.15, -0.1) is 0 Å². The number of rotatable bonds is 6. The molecule has 0 spiro atoms. The molecule has 9 heteroatoms. The molecule has 0 fully saturated rings. The Balaban J connectivity index is 1.57. The number of hydrogen-bond donors (Lipinski definition) is 1. The van der Waals surface area contributed by atoms with Gasteiger partial charge < -0.3 is 4.42 Å². The Kier molecular flexibility index (Phi) is 6.26. The summed E-state index contributed by atoms with van der Waals surface area (Å²) < 4.78 is 48.9. The number of pyridine rings is 1. The first-order valence-corrected chi connectivity index (χ1v) is 13.3. The van der Waals surface area contributed by atoms with Crippen LogP contribution in [0, 0.1) is 12.9 Å². The van der Waals surface area contributed by atoms with E-state index in [2.05, 4.69) is 21.8 Å². The summed E-state index contributed by atoms with van der Waals surface area (Å²) in [6, 6.07) is 14.5. The summed E-state index contributed by atoms with van der Waals surface area (Å²) in [5, 5.41) is 0. The topological polar surface area (TPSA) is 94.2 Å². The predicted molar refractivity (Wildman–Crippen MR) is 137 cm³/mol. The van der Waals surface area contributed by atoms with Crippen LogP contribution in [0.15, 0.2) is 74.8 Å². The van der Waals surface area contributed by atoms with Gasteiger partial charge in [0.2, 0.25) is 5.95 Å². The minimum atomic E-state index is -4.11. The normalized spacial score (nSPS) is 15.0. The lowest BCUT2D eigenvalue weighted by atomic mass is 9.88. The van der Waals surface area contributed by atoms with Crippen LogP contribution >= 0.6 is 0 Å². The monoisotopic (exact) mass is 507 g/mol. The molecule has 0 radical (unpaired) electrons. The highest BCUT2D eigenvalue weighted by atomic mass is 32.2. The smallest absolute Gasteiger partial charge is 0.408 e. The Morgan fingerprint density at radius 1 is 1.11 bits per heavy atom. The van der Waals surface area contributed by atoms with Crippen LogP contribution in [-0.4, -0.2) is 18.0 Å². The Morgan fingerprint density at radius 2 is 1.92 bits per heavy atom. The van der Waals surface area contributed by atoms with Crippen molar-refractivity contribution in [2.24, 2.45) is 0 Å². The van der Waals surface area contributed by atoms with Crippen molar-refractivity contribution in [1.29, 1.82) is 0 Å². The molecule has 1 aliphatic carbocycles. The molecule has 4 aromatic rings. The molecule has 7 nitrogen and oxygen atoms in total. The van der Waals surface area contributed by atoms with Crippen molar-refractivity contribution < 1.29 is 17.2 Å². The van der Waals surface area contributed by atoms with Crippen LogP contribution in [0.25, 0.3) is 16.7 Å². The van der Waals surface area contributed by atoms with Crippen molar-refractivity contribution >= 4 is 32.5 Å². The number of allylic oxidation sites excluding steroid dienone is 2. The maximum atomic E-state index is 13.4. The molecule has 0 amide bonds. The van der Waals surface area contributed by atoms with Crippen LogP contribution in [0.5, 0.6) is 0 Å². The van der Waals surface area contributed by atoms with Gasteiger partial charge in [-0.1, -0.05) is 36.4 Å². The molecular formula is C27H26FN3O4S. The van der Waals surface area contributed by atoms with E-state index in [0.29, 0.717) is 11.1 Å². The number of halogens is 1.